The number of aromatic amines is 2. The Morgan fingerprint density at radius 3 is 3.04 bits per heavy atom. The van der Waals surface area contributed by atoms with Gasteiger partial charge < -0.3 is 14.4 Å². The molecule has 1 aromatic carbocycles. The van der Waals surface area contributed by atoms with Crippen LogP contribution >= 0.6 is 0 Å². The summed E-state index contributed by atoms with van der Waals surface area (Å²) in [6, 6.07) is 5.41. The first-order valence-electron chi connectivity index (χ1n) is 9.35. The molecule has 0 saturated carbocycles. The van der Waals surface area contributed by atoms with E-state index in [1.54, 1.807) is 17.2 Å². The maximum absolute atomic E-state index is 13.4. The number of hydrogen-bond acceptors (Lipinski definition) is 6. The molecule has 4 heterocycles. The van der Waals surface area contributed by atoms with Gasteiger partial charge in [-0.2, -0.15) is 10.2 Å². The van der Waals surface area contributed by atoms with Crippen LogP contribution in [0.2, 0.25) is 0 Å². The molecule has 3 aromatic rings. The molecule has 0 spiro atoms. The second-order valence-corrected chi connectivity index (χ2v) is 6.87. The molecular weight excluding hydrogens is 360 g/mol. The van der Waals surface area contributed by atoms with E-state index in [4.69, 9.17) is 9.47 Å². The minimum absolute atomic E-state index is 0.106. The van der Waals surface area contributed by atoms with Crippen LogP contribution in [0.5, 0.6) is 11.5 Å². The average Bonchev–Trinajstić information content (AvgIpc) is 3.41. The Morgan fingerprint density at radius 1 is 1.29 bits per heavy atom. The third-order valence-corrected chi connectivity index (χ3v) is 5.14. The van der Waals surface area contributed by atoms with Gasteiger partial charge in [0, 0.05) is 25.1 Å². The van der Waals surface area contributed by atoms with Crippen molar-refractivity contribution < 1.29 is 14.3 Å². The van der Waals surface area contributed by atoms with Crippen LogP contribution in [0.15, 0.2) is 24.4 Å². The number of benzene rings is 1. The Labute approximate surface area is 161 Å². The number of fused-ring (bicyclic) bond motifs is 2. The Balaban J connectivity index is 1.49. The van der Waals surface area contributed by atoms with Gasteiger partial charge >= 0.3 is 0 Å². The van der Waals surface area contributed by atoms with Gasteiger partial charge in [0.25, 0.3) is 5.91 Å². The van der Waals surface area contributed by atoms with Gasteiger partial charge in [-0.05, 0) is 12.1 Å². The molecule has 2 N–H and O–H groups in total. The highest BCUT2D eigenvalue weighted by molar-refractivity contribution is 5.98. The molecule has 28 heavy (non-hydrogen) atoms. The molecule has 1 unspecified atom stereocenters. The second kappa shape index (κ2) is 6.66. The monoisotopic (exact) mass is 380 g/mol. The Kier molecular flexibility index (Phi) is 4.00. The molecule has 1 atom stereocenters. The van der Waals surface area contributed by atoms with E-state index >= 15 is 0 Å². The number of hydrogen-bond donors (Lipinski definition) is 2. The van der Waals surface area contributed by atoms with Crippen molar-refractivity contribution in [1.29, 1.82) is 0 Å². The lowest BCUT2D eigenvalue weighted by Crippen LogP contribution is -2.39. The van der Waals surface area contributed by atoms with Gasteiger partial charge in [-0.1, -0.05) is 13.0 Å². The molecule has 144 valence electrons. The van der Waals surface area contributed by atoms with Crippen LogP contribution in [-0.4, -0.2) is 55.9 Å². The third kappa shape index (κ3) is 2.70. The first-order chi connectivity index (χ1) is 13.7. The highest BCUT2D eigenvalue weighted by Crippen LogP contribution is 2.36. The molecule has 9 heteroatoms. The van der Waals surface area contributed by atoms with Crippen LogP contribution in [0.1, 0.15) is 46.1 Å². The van der Waals surface area contributed by atoms with Crippen LogP contribution < -0.4 is 9.47 Å². The maximum atomic E-state index is 13.4. The highest BCUT2D eigenvalue weighted by Gasteiger charge is 2.35. The number of amides is 1. The number of carbonyl (C=O) groups excluding carboxylic acids is 1. The minimum atomic E-state index is -0.163. The maximum Gasteiger partial charge on any atom is 0.258 e. The predicted molar refractivity (Wildman–Crippen MR) is 98.4 cm³/mol. The van der Waals surface area contributed by atoms with Crippen molar-refractivity contribution in [2.75, 3.05) is 19.8 Å². The molecule has 5 rings (SSSR count). The lowest BCUT2D eigenvalue weighted by Gasteiger charge is -2.32. The number of aryl methyl sites for hydroxylation is 1. The Hall–Kier alpha value is -3.36. The molecule has 0 fully saturated rings. The van der Waals surface area contributed by atoms with Crippen molar-refractivity contribution in [3.05, 3.63) is 52.9 Å². The topological polar surface area (TPSA) is 109 Å². The van der Waals surface area contributed by atoms with E-state index in [0.29, 0.717) is 49.2 Å². The zero-order chi connectivity index (χ0) is 19.1. The Morgan fingerprint density at radius 2 is 2.18 bits per heavy atom. The van der Waals surface area contributed by atoms with E-state index in [0.717, 1.165) is 23.5 Å². The van der Waals surface area contributed by atoms with Crippen molar-refractivity contribution in [2.45, 2.75) is 25.8 Å². The van der Waals surface area contributed by atoms with Crippen molar-refractivity contribution in [3.8, 4) is 11.5 Å². The average molecular weight is 380 g/mol. The molecule has 0 bridgehead atoms. The fourth-order valence-electron chi connectivity index (χ4n) is 3.73. The standard InChI is InChI=1S/C19H20N6O3/c1-2-15-21-18(24-22-15)13-10-25(9-11-8-20-23-16(11)13)19(26)12-4-3-5-14-17(12)28-7-6-27-14/h3-5,8,13H,2,6-7,9-10H2,1H3,(H,20,23)(H,21,22,24). The van der Waals surface area contributed by atoms with Gasteiger partial charge in [-0.25, -0.2) is 4.98 Å². The van der Waals surface area contributed by atoms with Crippen LogP contribution in [0.4, 0.5) is 0 Å². The zero-order valence-corrected chi connectivity index (χ0v) is 15.4. The van der Waals surface area contributed by atoms with Gasteiger partial charge in [-0.3, -0.25) is 15.0 Å². The van der Waals surface area contributed by atoms with Crippen LogP contribution in [0.3, 0.4) is 0 Å². The van der Waals surface area contributed by atoms with E-state index in [1.807, 2.05) is 19.1 Å². The molecule has 0 radical (unpaired) electrons. The van der Waals surface area contributed by atoms with Crippen LogP contribution in [0.25, 0.3) is 0 Å². The normalized spacial score (nSPS) is 18.0. The summed E-state index contributed by atoms with van der Waals surface area (Å²) in [6.07, 6.45) is 2.53. The fourth-order valence-corrected chi connectivity index (χ4v) is 3.73. The smallest absolute Gasteiger partial charge is 0.258 e. The van der Waals surface area contributed by atoms with Crippen LogP contribution in [0, 0.1) is 0 Å². The number of rotatable bonds is 3. The van der Waals surface area contributed by atoms with Gasteiger partial charge in [0.1, 0.15) is 19.0 Å². The second-order valence-electron chi connectivity index (χ2n) is 6.87. The fraction of sp³-hybridized carbons (Fsp3) is 0.368. The molecule has 2 aliphatic heterocycles. The van der Waals surface area contributed by atoms with Gasteiger partial charge in [0.15, 0.2) is 17.3 Å². The zero-order valence-electron chi connectivity index (χ0n) is 15.4. The summed E-state index contributed by atoms with van der Waals surface area (Å²) < 4.78 is 11.3. The van der Waals surface area contributed by atoms with Crippen molar-refractivity contribution >= 4 is 5.91 Å². The quantitative estimate of drug-likeness (QED) is 0.715. The molecular formula is C19H20N6O3. The number of carbonyl (C=O) groups is 1. The minimum Gasteiger partial charge on any atom is -0.486 e. The van der Waals surface area contributed by atoms with Gasteiger partial charge in [0.2, 0.25) is 0 Å². The summed E-state index contributed by atoms with van der Waals surface area (Å²) in [5.74, 6) is 2.33. The van der Waals surface area contributed by atoms with Crippen LogP contribution in [-0.2, 0) is 13.0 Å². The molecule has 9 nitrogen and oxygen atoms in total. The first-order valence-corrected chi connectivity index (χ1v) is 9.35. The summed E-state index contributed by atoms with van der Waals surface area (Å²) in [7, 11) is 0. The molecule has 2 aliphatic rings. The van der Waals surface area contributed by atoms with Gasteiger partial charge in [0.05, 0.1) is 23.4 Å². The number of ether oxygens (including phenoxy) is 2. The molecule has 0 saturated heterocycles. The summed E-state index contributed by atoms with van der Waals surface area (Å²) in [4.78, 5) is 19.7. The number of aromatic nitrogens is 5. The van der Waals surface area contributed by atoms with E-state index in [2.05, 4.69) is 25.4 Å². The van der Waals surface area contributed by atoms with Crippen molar-refractivity contribution in [3.63, 3.8) is 0 Å². The number of nitrogens with zero attached hydrogens (tertiary/aromatic N) is 4. The summed E-state index contributed by atoms with van der Waals surface area (Å²) in [5.41, 5.74) is 2.43. The summed E-state index contributed by atoms with van der Waals surface area (Å²) in [6.45, 7) is 3.86. The highest BCUT2D eigenvalue weighted by atomic mass is 16.6. The van der Waals surface area contributed by atoms with Crippen molar-refractivity contribution in [1.82, 2.24) is 30.3 Å². The lowest BCUT2D eigenvalue weighted by atomic mass is 9.95. The molecule has 1 amide bonds. The van der Waals surface area contributed by atoms with E-state index in [-0.39, 0.29) is 11.8 Å². The van der Waals surface area contributed by atoms with E-state index in [9.17, 15) is 4.79 Å². The van der Waals surface area contributed by atoms with E-state index < -0.39 is 0 Å². The SMILES string of the molecule is CCc1nc(C2CN(C(=O)c3cccc4c3OCCO4)Cc3cn[nH]c32)n[nH]1. The largest absolute Gasteiger partial charge is 0.486 e. The first kappa shape index (κ1) is 16.8. The number of para-hydroxylation sites is 1. The lowest BCUT2D eigenvalue weighted by molar-refractivity contribution is 0.0712. The third-order valence-electron chi connectivity index (χ3n) is 5.14. The predicted octanol–water partition coefficient (Wildman–Crippen LogP) is 1.65. The molecule has 2 aromatic heterocycles. The van der Waals surface area contributed by atoms with E-state index in [1.165, 1.54) is 0 Å². The number of nitrogens with one attached hydrogen (secondary N) is 2. The Bertz CT molecular complexity index is 1030. The molecule has 0 aliphatic carbocycles. The summed E-state index contributed by atoms with van der Waals surface area (Å²) in [5, 5.41) is 14.5. The summed E-state index contributed by atoms with van der Waals surface area (Å²) >= 11 is 0. The van der Waals surface area contributed by atoms with Crippen molar-refractivity contribution in [2.24, 2.45) is 0 Å². The van der Waals surface area contributed by atoms with Gasteiger partial charge in [-0.15, -0.1) is 0 Å². The number of H-pyrrole nitrogens is 2.